The van der Waals surface area contributed by atoms with E-state index in [2.05, 4.69) is 12.6 Å². The van der Waals surface area contributed by atoms with Gasteiger partial charge in [0.1, 0.15) is 6.10 Å². The summed E-state index contributed by atoms with van der Waals surface area (Å²) in [4.78, 5) is 0. The molecular formula is C24H50O6S. The predicted molar refractivity (Wildman–Crippen MR) is 130 cm³/mol. The summed E-state index contributed by atoms with van der Waals surface area (Å²) in [5.41, 5.74) is 0. The molecule has 0 heterocycles. The molecule has 0 N–H and O–H groups in total. The summed E-state index contributed by atoms with van der Waals surface area (Å²) in [7, 11) is 0. The third kappa shape index (κ3) is 13.4. The summed E-state index contributed by atoms with van der Waals surface area (Å²) in [5, 5.41) is -0.965. The first-order chi connectivity index (χ1) is 15.0. The standard InChI is InChI=1S/C24H50O6S/c1-7-25-22(24(31,29-11-5)30-12-6)20-18-16-14-13-15-17-19-21-23(26-8-2,27-9-3)28-10-4/h22,31H,7-21H2,1-6H3. The van der Waals surface area contributed by atoms with Crippen LogP contribution in [0.25, 0.3) is 0 Å². The van der Waals surface area contributed by atoms with Crippen molar-refractivity contribution in [1.29, 1.82) is 0 Å². The molecule has 0 aromatic heterocycles. The zero-order chi connectivity index (χ0) is 23.4. The van der Waals surface area contributed by atoms with E-state index < -0.39 is 11.1 Å². The van der Waals surface area contributed by atoms with Crippen LogP contribution in [0.4, 0.5) is 0 Å². The molecule has 188 valence electrons. The lowest BCUT2D eigenvalue weighted by Gasteiger charge is -2.35. The summed E-state index contributed by atoms with van der Waals surface area (Å²) in [6.45, 7) is 15.3. The maximum atomic E-state index is 5.90. The molecule has 0 bridgehead atoms. The van der Waals surface area contributed by atoms with Gasteiger partial charge in [0.2, 0.25) is 5.12 Å². The Labute approximate surface area is 197 Å². The van der Waals surface area contributed by atoms with Gasteiger partial charge in [0.25, 0.3) is 5.97 Å². The van der Waals surface area contributed by atoms with Gasteiger partial charge < -0.3 is 28.4 Å². The van der Waals surface area contributed by atoms with E-state index in [0.717, 1.165) is 32.1 Å². The highest BCUT2D eigenvalue weighted by molar-refractivity contribution is 7.81. The van der Waals surface area contributed by atoms with Crippen molar-refractivity contribution in [3.63, 3.8) is 0 Å². The Hall–Kier alpha value is 0.110. The van der Waals surface area contributed by atoms with Gasteiger partial charge >= 0.3 is 0 Å². The van der Waals surface area contributed by atoms with Crippen molar-refractivity contribution in [2.75, 3.05) is 39.6 Å². The molecule has 1 unspecified atom stereocenters. The minimum Gasteiger partial charge on any atom is -0.372 e. The van der Waals surface area contributed by atoms with Crippen LogP contribution in [0.3, 0.4) is 0 Å². The van der Waals surface area contributed by atoms with Gasteiger partial charge in [-0.15, -0.1) is 12.6 Å². The molecule has 0 fully saturated rings. The molecule has 0 aliphatic carbocycles. The fourth-order valence-corrected chi connectivity index (χ4v) is 4.23. The highest BCUT2D eigenvalue weighted by Gasteiger charge is 2.37. The molecule has 6 nitrogen and oxygen atoms in total. The molecule has 0 saturated heterocycles. The lowest BCUT2D eigenvalue weighted by atomic mass is 10.0. The molecule has 0 aromatic rings. The van der Waals surface area contributed by atoms with Crippen LogP contribution in [0.1, 0.15) is 99.3 Å². The quantitative estimate of drug-likeness (QED) is 0.108. The fourth-order valence-electron chi connectivity index (χ4n) is 3.77. The molecule has 0 saturated carbocycles. The number of ether oxygens (including phenoxy) is 6. The van der Waals surface area contributed by atoms with Crippen molar-refractivity contribution in [3.05, 3.63) is 0 Å². The normalized spacial score (nSPS) is 13.6. The van der Waals surface area contributed by atoms with Crippen molar-refractivity contribution < 1.29 is 28.4 Å². The fraction of sp³-hybridized carbons (Fsp3) is 1.00. The first-order valence-corrected chi connectivity index (χ1v) is 13.0. The Morgan fingerprint density at radius 2 is 0.968 bits per heavy atom. The average Bonchev–Trinajstić information content (AvgIpc) is 2.72. The summed E-state index contributed by atoms with van der Waals surface area (Å²) in [6, 6.07) is 0. The second-order valence-corrected chi connectivity index (χ2v) is 8.06. The molecule has 1 atom stereocenters. The Balaban J connectivity index is 4.16. The Morgan fingerprint density at radius 3 is 1.39 bits per heavy atom. The minimum atomic E-state index is -0.965. The molecule has 0 rings (SSSR count). The van der Waals surface area contributed by atoms with Crippen LogP contribution >= 0.6 is 12.6 Å². The molecule has 0 aliphatic rings. The smallest absolute Gasteiger partial charge is 0.282 e. The summed E-state index contributed by atoms with van der Waals surface area (Å²) in [5.74, 6) is -0.868. The number of unbranched alkanes of at least 4 members (excludes halogenated alkanes) is 6. The van der Waals surface area contributed by atoms with E-state index in [0.29, 0.717) is 39.6 Å². The average molecular weight is 467 g/mol. The van der Waals surface area contributed by atoms with E-state index in [4.69, 9.17) is 28.4 Å². The molecule has 0 spiro atoms. The van der Waals surface area contributed by atoms with E-state index >= 15 is 0 Å². The van der Waals surface area contributed by atoms with Gasteiger partial charge in [-0.05, 0) is 54.4 Å². The zero-order valence-electron chi connectivity index (χ0n) is 21.1. The number of hydrogen-bond acceptors (Lipinski definition) is 7. The van der Waals surface area contributed by atoms with Crippen LogP contribution in [0.5, 0.6) is 0 Å². The highest BCUT2D eigenvalue weighted by Crippen LogP contribution is 2.30. The van der Waals surface area contributed by atoms with E-state index in [-0.39, 0.29) is 6.10 Å². The van der Waals surface area contributed by atoms with E-state index in [1.54, 1.807) is 0 Å². The van der Waals surface area contributed by atoms with Crippen molar-refractivity contribution in [2.24, 2.45) is 0 Å². The third-order valence-electron chi connectivity index (χ3n) is 5.02. The molecule has 7 heteroatoms. The Bertz CT molecular complexity index is 373. The first-order valence-electron chi connectivity index (χ1n) is 12.5. The molecule has 0 aromatic carbocycles. The second kappa shape index (κ2) is 19.6. The van der Waals surface area contributed by atoms with Gasteiger partial charge in [0.15, 0.2) is 0 Å². The molecular weight excluding hydrogens is 416 g/mol. The van der Waals surface area contributed by atoms with Crippen molar-refractivity contribution >= 4 is 12.6 Å². The van der Waals surface area contributed by atoms with Gasteiger partial charge in [-0.1, -0.05) is 38.5 Å². The third-order valence-corrected chi connectivity index (χ3v) is 5.57. The van der Waals surface area contributed by atoms with Crippen LogP contribution in [0.15, 0.2) is 0 Å². The first kappa shape index (κ1) is 31.1. The van der Waals surface area contributed by atoms with Crippen molar-refractivity contribution in [3.8, 4) is 0 Å². The van der Waals surface area contributed by atoms with Crippen LogP contribution in [-0.2, 0) is 28.4 Å². The SMILES string of the molecule is CCOC(CCCCCCCCCC(OCC)(OCC)OCC)C(S)(OCC)OCC. The Kier molecular flexibility index (Phi) is 19.6. The summed E-state index contributed by atoms with van der Waals surface area (Å²) >= 11 is 4.66. The van der Waals surface area contributed by atoms with Crippen LogP contribution in [-0.4, -0.2) is 56.8 Å². The monoisotopic (exact) mass is 466 g/mol. The van der Waals surface area contributed by atoms with E-state index in [1.165, 1.54) is 25.7 Å². The van der Waals surface area contributed by atoms with Gasteiger partial charge in [0.05, 0.1) is 0 Å². The maximum Gasteiger partial charge on any atom is 0.282 e. The molecule has 0 amide bonds. The highest BCUT2D eigenvalue weighted by atomic mass is 32.1. The van der Waals surface area contributed by atoms with Crippen LogP contribution < -0.4 is 0 Å². The topological polar surface area (TPSA) is 55.4 Å². The number of hydrogen-bond donors (Lipinski definition) is 1. The van der Waals surface area contributed by atoms with Gasteiger partial charge in [-0.3, -0.25) is 0 Å². The summed E-state index contributed by atoms with van der Waals surface area (Å²) < 4.78 is 34.8. The predicted octanol–water partition coefficient (Wildman–Crippen LogP) is 6.32. The van der Waals surface area contributed by atoms with E-state index in [1.807, 2.05) is 41.5 Å². The van der Waals surface area contributed by atoms with Crippen LogP contribution in [0, 0.1) is 0 Å². The zero-order valence-corrected chi connectivity index (χ0v) is 22.0. The minimum absolute atomic E-state index is 0.162. The Morgan fingerprint density at radius 1 is 0.548 bits per heavy atom. The van der Waals surface area contributed by atoms with Gasteiger partial charge in [0, 0.05) is 46.1 Å². The van der Waals surface area contributed by atoms with Gasteiger partial charge in [-0.2, -0.15) is 0 Å². The van der Waals surface area contributed by atoms with Crippen molar-refractivity contribution in [2.45, 2.75) is 117 Å². The second-order valence-electron chi connectivity index (χ2n) is 7.44. The van der Waals surface area contributed by atoms with Gasteiger partial charge in [-0.25, -0.2) is 0 Å². The molecule has 31 heavy (non-hydrogen) atoms. The van der Waals surface area contributed by atoms with E-state index in [9.17, 15) is 0 Å². The molecule has 0 aliphatic heterocycles. The number of rotatable bonds is 23. The maximum absolute atomic E-state index is 5.90. The number of thiol groups is 1. The van der Waals surface area contributed by atoms with Crippen LogP contribution in [0.2, 0.25) is 0 Å². The lowest BCUT2D eigenvalue weighted by molar-refractivity contribution is -0.380. The largest absolute Gasteiger partial charge is 0.372 e. The molecule has 0 radical (unpaired) electrons. The summed E-state index contributed by atoms with van der Waals surface area (Å²) in [6.07, 6.45) is 9.61. The van der Waals surface area contributed by atoms with Crippen molar-refractivity contribution in [1.82, 2.24) is 0 Å². The lowest BCUT2D eigenvalue weighted by Crippen LogP contribution is -2.44.